The highest BCUT2D eigenvalue weighted by atomic mass is 32.2. The molecule has 118 valence electrons. The van der Waals surface area contributed by atoms with Gasteiger partial charge in [0.2, 0.25) is 10.9 Å². The van der Waals surface area contributed by atoms with Gasteiger partial charge in [-0.05, 0) is 24.0 Å². The van der Waals surface area contributed by atoms with Crippen molar-refractivity contribution in [2.45, 2.75) is 12.8 Å². The molecule has 0 radical (unpaired) electrons. The van der Waals surface area contributed by atoms with Gasteiger partial charge in [-0.25, -0.2) is 13.4 Å². The maximum atomic E-state index is 11.6. The Labute approximate surface area is 133 Å². The van der Waals surface area contributed by atoms with E-state index in [4.69, 9.17) is 0 Å². The van der Waals surface area contributed by atoms with Crippen LogP contribution in [-0.2, 0) is 24.4 Å². The number of allylic oxidation sites excluding steroid dienone is 5. The maximum Gasteiger partial charge on any atom is 0.225 e. The van der Waals surface area contributed by atoms with Gasteiger partial charge in [-0.3, -0.25) is 4.31 Å². The number of piperidine rings is 1. The molecule has 1 aliphatic heterocycles. The van der Waals surface area contributed by atoms with Gasteiger partial charge in [0.25, 0.3) is 0 Å². The minimum atomic E-state index is -2.69. The van der Waals surface area contributed by atoms with Crippen LogP contribution in [0, 0.1) is 5.92 Å². The van der Waals surface area contributed by atoms with Gasteiger partial charge in [-0.1, -0.05) is 31.4 Å². The largest absolute Gasteiger partial charge is 0.338 e. The molecular formula is C16H21N3O2S. The molecule has 0 bridgehead atoms. The average Bonchev–Trinajstić information content (AvgIpc) is 2.87. The average molecular weight is 319 g/mol. The summed E-state index contributed by atoms with van der Waals surface area (Å²) in [5.74, 6) is 1.14. The van der Waals surface area contributed by atoms with E-state index < -0.39 is 10.9 Å². The molecule has 1 atom stereocenters. The summed E-state index contributed by atoms with van der Waals surface area (Å²) in [5, 5.41) is 0. The van der Waals surface area contributed by atoms with Gasteiger partial charge in [0, 0.05) is 32.4 Å². The van der Waals surface area contributed by atoms with Crippen LogP contribution in [0.1, 0.15) is 12.2 Å². The second kappa shape index (κ2) is 7.26. The third-order valence-corrected chi connectivity index (χ3v) is 4.50. The van der Waals surface area contributed by atoms with E-state index in [1.807, 2.05) is 23.9 Å². The number of imidazole rings is 1. The van der Waals surface area contributed by atoms with E-state index in [2.05, 4.69) is 18.1 Å². The molecule has 0 aliphatic carbocycles. The van der Waals surface area contributed by atoms with Crippen LogP contribution in [0.25, 0.3) is 0 Å². The number of rotatable bonds is 5. The Bertz CT molecular complexity index is 690. The Hall–Kier alpha value is -2.08. The summed E-state index contributed by atoms with van der Waals surface area (Å²) in [6.07, 6.45) is 12.1. The fraction of sp³-hybridized carbons (Fsp3) is 0.312. The topological polar surface area (TPSA) is 55.2 Å². The highest BCUT2D eigenvalue weighted by Crippen LogP contribution is 2.32. The molecule has 22 heavy (non-hydrogen) atoms. The first kappa shape index (κ1) is 16.3. The van der Waals surface area contributed by atoms with Crippen LogP contribution >= 0.6 is 0 Å². The highest BCUT2D eigenvalue weighted by molar-refractivity contribution is 7.70. The van der Waals surface area contributed by atoms with Gasteiger partial charge < -0.3 is 4.57 Å². The first-order chi connectivity index (χ1) is 10.6. The smallest absolute Gasteiger partial charge is 0.225 e. The zero-order valence-electron chi connectivity index (χ0n) is 12.7. The van der Waals surface area contributed by atoms with Gasteiger partial charge in [0.15, 0.2) is 0 Å². The molecular weight excluding hydrogens is 298 g/mol. The van der Waals surface area contributed by atoms with Crippen molar-refractivity contribution in [2.75, 3.05) is 6.54 Å². The van der Waals surface area contributed by atoms with Gasteiger partial charge in [0.1, 0.15) is 5.82 Å². The molecule has 0 unspecified atom stereocenters. The first-order valence-corrected chi connectivity index (χ1v) is 8.22. The van der Waals surface area contributed by atoms with Crippen molar-refractivity contribution in [1.29, 1.82) is 0 Å². The number of hydrogen-bond donors (Lipinski definition) is 1. The molecule has 2 rings (SSSR count). The molecule has 0 amide bonds. The van der Waals surface area contributed by atoms with Crippen LogP contribution in [0.3, 0.4) is 0 Å². The molecule has 0 saturated carbocycles. The third kappa shape index (κ3) is 3.57. The molecule has 1 aromatic rings. The molecule has 0 spiro atoms. The van der Waals surface area contributed by atoms with Gasteiger partial charge in [-0.2, -0.15) is 0 Å². The maximum absolute atomic E-state index is 11.6. The number of hydrogen-bond acceptors (Lipinski definition) is 3. The quantitative estimate of drug-likeness (QED) is 0.845. The van der Waals surface area contributed by atoms with E-state index in [0.717, 1.165) is 24.2 Å². The van der Waals surface area contributed by atoms with Crippen LogP contribution in [0.15, 0.2) is 61.1 Å². The first-order valence-electron chi connectivity index (χ1n) is 7.09. The monoisotopic (exact) mass is 319 g/mol. The van der Waals surface area contributed by atoms with E-state index in [1.54, 1.807) is 24.4 Å². The van der Waals surface area contributed by atoms with Crippen LogP contribution in [0.5, 0.6) is 0 Å². The molecule has 1 saturated heterocycles. The predicted octanol–water partition coefficient (Wildman–Crippen LogP) is 1.99. The number of aryl methyl sites for hydroxylation is 1. The molecule has 1 fully saturated rings. The van der Waals surface area contributed by atoms with Crippen molar-refractivity contribution in [3.05, 3.63) is 67.0 Å². The fourth-order valence-electron chi connectivity index (χ4n) is 2.73. The molecule has 5 nitrogen and oxygen atoms in total. The van der Waals surface area contributed by atoms with Gasteiger partial charge in [-0.15, -0.1) is 0 Å². The summed E-state index contributed by atoms with van der Waals surface area (Å²) < 4.78 is 26.6. The Kier molecular flexibility index (Phi) is 5.38. The van der Waals surface area contributed by atoms with E-state index in [9.17, 15) is 8.42 Å². The molecule has 2 heterocycles. The second-order valence-electron chi connectivity index (χ2n) is 5.26. The Balaban J connectivity index is 2.31. The number of nitrogens with zero attached hydrogens (tertiary/aromatic N) is 3. The van der Waals surface area contributed by atoms with Crippen molar-refractivity contribution in [2.24, 2.45) is 13.0 Å². The van der Waals surface area contributed by atoms with Crippen molar-refractivity contribution in [3.63, 3.8) is 0 Å². The Morgan fingerprint density at radius 1 is 1.36 bits per heavy atom. The number of aromatic nitrogens is 2. The zero-order chi connectivity index (χ0) is 16.1. The fourth-order valence-corrected chi connectivity index (χ4v) is 3.47. The summed E-state index contributed by atoms with van der Waals surface area (Å²) >= 11 is 0. The third-order valence-electron chi connectivity index (χ3n) is 3.73. The van der Waals surface area contributed by atoms with Crippen molar-refractivity contribution in [1.82, 2.24) is 13.9 Å². The van der Waals surface area contributed by atoms with Crippen molar-refractivity contribution in [3.8, 4) is 0 Å². The Morgan fingerprint density at radius 3 is 2.64 bits per heavy atom. The lowest BCUT2D eigenvalue weighted by atomic mass is 9.89. The van der Waals surface area contributed by atoms with E-state index >= 15 is 0 Å². The summed E-state index contributed by atoms with van der Waals surface area (Å²) in [4.78, 5) is 4.33. The lowest BCUT2D eigenvalue weighted by Gasteiger charge is -2.34. The highest BCUT2D eigenvalue weighted by Gasteiger charge is 2.28. The van der Waals surface area contributed by atoms with Crippen LogP contribution in [0.4, 0.5) is 0 Å². The van der Waals surface area contributed by atoms with E-state index in [0.29, 0.717) is 12.2 Å². The van der Waals surface area contributed by atoms with Crippen LogP contribution in [0.2, 0.25) is 0 Å². The Morgan fingerprint density at radius 2 is 2.09 bits per heavy atom. The lowest BCUT2D eigenvalue weighted by Crippen LogP contribution is -2.35. The summed E-state index contributed by atoms with van der Waals surface area (Å²) in [6.45, 7) is 7.85. The number of thiol groups is 1. The van der Waals surface area contributed by atoms with Gasteiger partial charge >= 0.3 is 0 Å². The summed E-state index contributed by atoms with van der Waals surface area (Å²) in [7, 11) is -0.744. The van der Waals surface area contributed by atoms with E-state index in [1.165, 1.54) is 4.31 Å². The van der Waals surface area contributed by atoms with Crippen molar-refractivity contribution >= 4 is 10.9 Å². The second-order valence-corrected chi connectivity index (χ2v) is 6.22. The molecule has 0 N–H and O–H groups in total. The lowest BCUT2D eigenvalue weighted by molar-refractivity contribution is 0.353. The molecule has 1 aliphatic rings. The van der Waals surface area contributed by atoms with Crippen LogP contribution in [-0.4, -0.2) is 28.8 Å². The minimum absolute atomic E-state index is 0.183. The predicted molar refractivity (Wildman–Crippen MR) is 88.6 cm³/mol. The van der Waals surface area contributed by atoms with Crippen LogP contribution < -0.4 is 0 Å². The standard InChI is InChI=1S/C16H21N3O2S/c1-4-6-14-10-13(11-16-17-8-9-18(16)3)12-19(22(20)21)15(14)7-5-2/h4-9,13,22H,1-2,10-12H2,3H3/b14-6-,15-7+/t13-/m0/s1. The summed E-state index contributed by atoms with van der Waals surface area (Å²) in [5.41, 5.74) is 1.64. The normalized spacial score (nSPS) is 22.5. The SMILES string of the molecule is C=C/C=C1/C[C@@H](Cc2nccn2C)CN([SH](=O)=O)/C1=C/C=C. The summed E-state index contributed by atoms with van der Waals surface area (Å²) in [6, 6.07) is 0. The zero-order valence-corrected chi connectivity index (χ0v) is 13.6. The molecule has 0 aromatic carbocycles. The van der Waals surface area contributed by atoms with Gasteiger partial charge in [0.05, 0.1) is 5.70 Å². The van der Waals surface area contributed by atoms with E-state index in [-0.39, 0.29) is 5.92 Å². The molecule has 1 aromatic heterocycles. The molecule has 6 heteroatoms. The van der Waals surface area contributed by atoms with Crippen molar-refractivity contribution < 1.29 is 8.42 Å². The minimum Gasteiger partial charge on any atom is -0.338 e.